The fourth-order valence-corrected chi connectivity index (χ4v) is 2.24. The second-order valence-electron chi connectivity index (χ2n) is 3.42. The predicted molar refractivity (Wildman–Crippen MR) is 72.1 cm³/mol. The van der Waals surface area contributed by atoms with Gasteiger partial charge in [-0.25, -0.2) is 8.78 Å². The van der Waals surface area contributed by atoms with E-state index in [0.717, 1.165) is 17.9 Å². The molecule has 0 amide bonds. The number of halogens is 3. The molecule has 0 heterocycles. The lowest BCUT2D eigenvalue weighted by Crippen LogP contribution is -2.03. The number of ether oxygens (including phenoxy) is 1. The fraction of sp³-hybridized carbons (Fsp3) is 0.500. The molecule has 0 unspecified atom stereocenters. The Morgan fingerprint density at radius 3 is 2.47 bits per heavy atom. The molecule has 0 aliphatic rings. The summed E-state index contributed by atoms with van der Waals surface area (Å²) < 4.78 is 32.1. The Morgan fingerprint density at radius 1 is 1.29 bits per heavy atom. The zero-order chi connectivity index (χ0) is 12.7. The molecule has 5 heteroatoms. The van der Waals surface area contributed by atoms with E-state index in [1.165, 1.54) is 12.1 Å². The van der Waals surface area contributed by atoms with E-state index in [9.17, 15) is 8.78 Å². The number of thioether (sulfide) groups is 1. The van der Waals surface area contributed by atoms with Gasteiger partial charge in [0.05, 0.1) is 6.61 Å². The minimum atomic E-state index is -0.636. The normalized spacial score (nSPS) is 10.6. The lowest BCUT2D eigenvalue weighted by atomic mass is 10.2. The van der Waals surface area contributed by atoms with Gasteiger partial charge in [0.15, 0.2) is 17.4 Å². The summed E-state index contributed by atoms with van der Waals surface area (Å²) in [5.74, 6) is 0.448. The molecule has 17 heavy (non-hydrogen) atoms. The van der Waals surface area contributed by atoms with Crippen molar-refractivity contribution >= 4 is 27.7 Å². The summed E-state index contributed by atoms with van der Waals surface area (Å²) in [4.78, 5) is 0. The number of hydrogen-bond acceptors (Lipinski definition) is 2. The molecule has 0 atom stereocenters. The third-order valence-corrected chi connectivity index (χ3v) is 3.73. The highest BCUT2D eigenvalue weighted by atomic mass is 79.9. The van der Waals surface area contributed by atoms with Gasteiger partial charge in [-0.1, -0.05) is 22.9 Å². The molecule has 0 radical (unpaired) electrons. The minimum Gasteiger partial charge on any atom is -0.488 e. The molecule has 0 saturated carbocycles. The van der Waals surface area contributed by atoms with Crippen molar-refractivity contribution in [3.05, 3.63) is 29.3 Å². The molecule has 0 bridgehead atoms. The van der Waals surface area contributed by atoms with Crippen LogP contribution in [0.25, 0.3) is 0 Å². The van der Waals surface area contributed by atoms with Crippen molar-refractivity contribution in [3.8, 4) is 5.75 Å². The first kappa shape index (κ1) is 14.8. The van der Waals surface area contributed by atoms with E-state index in [0.29, 0.717) is 17.5 Å². The first-order valence-corrected chi connectivity index (χ1v) is 7.71. The maximum absolute atomic E-state index is 13.5. The van der Waals surface area contributed by atoms with Crippen LogP contribution in [-0.4, -0.2) is 18.1 Å². The molecule has 0 saturated heterocycles. The number of rotatable bonds is 7. The van der Waals surface area contributed by atoms with Crippen LogP contribution in [0.1, 0.15) is 18.9 Å². The van der Waals surface area contributed by atoms with E-state index in [1.807, 2.05) is 0 Å². The number of benzene rings is 1. The van der Waals surface area contributed by atoms with Crippen molar-refractivity contribution in [2.24, 2.45) is 0 Å². The lowest BCUT2D eigenvalue weighted by Gasteiger charge is -2.09. The van der Waals surface area contributed by atoms with Crippen molar-refractivity contribution in [3.63, 3.8) is 0 Å². The number of hydrogen-bond donors (Lipinski definition) is 0. The molecule has 1 aromatic carbocycles. The van der Waals surface area contributed by atoms with Gasteiger partial charge in [-0.15, -0.1) is 0 Å². The maximum Gasteiger partial charge on any atom is 0.190 e. The number of alkyl halides is 1. The molecule has 1 nitrogen and oxygen atoms in total. The molecule has 0 aromatic heterocycles. The molecule has 96 valence electrons. The van der Waals surface area contributed by atoms with Crippen LogP contribution in [-0.2, 0) is 5.33 Å². The molecule has 1 rings (SSSR count). The van der Waals surface area contributed by atoms with Gasteiger partial charge in [0.25, 0.3) is 0 Å². The third-order valence-electron chi connectivity index (χ3n) is 2.10. The van der Waals surface area contributed by atoms with Crippen LogP contribution in [0.15, 0.2) is 12.1 Å². The highest BCUT2D eigenvalue weighted by Crippen LogP contribution is 2.24. The van der Waals surface area contributed by atoms with Crippen molar-refractivity contribution < 1.29 is 13.5 Å². The van der Waals surface area contributed by atoms with Gasteiger partial charge in [-0.2, -0.15) is 11.8 Å². The fourth-order valence-electron chi connectivity index (χ4n) is 1.31. The second kappa shape index (κ2) is 7.93. The maximum atomic E-state index is 13.5. The summed E-state index contributed by atoms with van der Waals surface area (Å²) in [5.41, 5.74) is 0.564. The van der Waals surface area contributed by atoms with E-state index in [-0.39, 0.29) is 5.75 Å². The van der Waals surface area contributed by atoms with Gasteiger partial charge in [0, 0.05) is 5.33 Å². The molecular weight excluding hydrogens is 310 g/mol. The van der Waals surface area contributed by atoms with Crippen LogP contribution in [0.4, 0.5) is 8.78 Å². The first-order chi connectivity index (χ1) is 8.19. The second-order valence-corrected chi connectivity index (χ2v) is 5.38. The molecule has 0 aliphatic heterocycles. The molecule has 0 aliphatic carbocycles. The average Bonchev–Trinajstić information content (AvgIpc) is 2.31. The Hall–Kier alpha value is -0.290. The highest BCUT2D eigenvalue weighted by molar-refractivity contribution is 9.08. The lowest BCUT2D eigenvalue weighted by molar-refractivity contribution is 0.285. The molecule has 0 fully saturated rings. The monoisotopic (exact) mass is 324 g/mol. The Morgan fingerprint density at radius 2 is 1.94 bits per heavy atom. The van der Waals surface area contributed by atoms with Gasteiger partial charge < -0.3 is 4.74 Å². The quantitative estimate of drug-likeness (QED) is 0.543. The third kappa shape index (κ3) is 4.84. The average molecular weight is 325 g/mol. The molecule has 1 aromatic rings. The highest BCUT2D eigenvalue weighted by Gasteiger charge is 2.12. The van der Waals surface area contributed by atoms with Gasteiger partial charge in [-0.3, -0.25) is 0 Å². The minimum absolute atomic E-state index is 0.267. The molecule has 0 N–H and O–H groups in total. The Kier molecular flexibility index (Phi) is 6.89. The standard InChI is InChI=1S/C12H15BrF2OS/c1-2-17-5-3-4-16-12-10(14)6-9(8-13)7-11(12)15/h6-7H,2-5,8H2,1H3. The summed E-state index contributed by atoms with van der Waals surface area (Å²) in [6, 6.07) is 2.57. The smallest absolute Gasteiger partial charge is 0.190 e. The van der Waals surface area contributed by atoms with Crippen LogP contribution in [0, 0.1) is 11.6 Å². The van der Waals surface area contributed by atoms with Gasteiger partial charge in [-0.05, 0) is 35.6 Å². The molecular formula is C12H15BrF2OS. The summed E-state index contributed by atoms with van der Waals surface area (Å²) in [5, 5.41) is 0.425. The van der Waals surface area contributed by atoms with Crippen LogP contribution >= 0.6 is 27.7 Å². The Bertz CT molecular complexity index is 337. The topological polar surface area (TPSA) is 9.23 Å². The van der Waals surface area contributed by atoms with E-state index in [1.54, 1.807) is 11.8 Å². The van der Waals surface area contributed by atoms with Gasteiger partial charge in [0.1, 0.15) is 0 Å². The Labute approximate surface area is 113 Å². The van der Waals surface area contributed by atoms with Crippen molar-refractivity contribution in [2.75, 3.05) is 18.1 Å². The van der Waals surface area contributed by atoms with E-state index < -0.39 is 11.6 Å². The zero-order valence-corrected chi connectivity index (χ0v) is 12.0. The van der Waals surface area contributed by atoms with Gasteiger partial charge in [0.2, 0.25) is 0 Å². The van der Waals surface area contributed by atoms with Crippen LogP contribution < -0.4 is 4.74 Å². The summed E-state index contributed by atoms with van der Waals surface area (Å²) in [7, 11) is 0. The van der Waals surface area contributed by atoms with Crippen molar-refractivity contribution in [2.45, 2.75) is 18.7 Å². The van der Waals surface area contributed by atoms with Crippen molar-refractivity contribution in [1.82, 2.24) is 0 Å². The van der Waals surface area contributed by atoms with Crippen molar-refractivity contribution in [1.29, 1.82) is 0 Å². The first-order valence-electron chi connectivity index (χ1n) is 5.43. The van der Waals surface area contributed by atoms with Crippen LogP contribution in [0.5, 0.6) is 5.75 Å². The predicted octanol–water partition coefficient (Wildman–Crippen LogP) is 4.38. The van der Waals surface area contributed by atoms with E-state index in [4.69, 9.17) is 4.74 Å². The van der Waals surface area contributed by atoms with E-state index >= 15 is 0 Å². The molecule has 0 spiro atoms. The van der Waals surface area contributed by atoms with Crippen LogP contribution in [0.2, 0.25) is 0 Å². The van der Waals surface area contributed by atoms with Gasteiger partial charge >= 0.3 is 0 Å². The Balaban J connectivity index is 2.53. The summed E-state index contributed by atoms with van der Waals surface area (Å²) in [6.07, 6.45) is 0.789. The zero-order valence-electron chi connectivity index (χ0n) is 9.64. The summed E-state index contributed by atoms with van der Waals surface area (Å²) >= 11 is 4.94. The van der Waals surface area contributed by atoms with E-state index in [2.05, 4.69) is 22.9 Å². The largest absolute Gasteiger partial charge is 0.488 e. The SMILES string of the molecule is CCSCCCOc1c(F)cc(CBr)cc1F. The summed E-state index contributed by atoms with van der Waals surface area (Å²) in [6.45, 7) is 2.42. The van der Waals surface area contributed by atoms with Crippen LogP contribution in [0.3, 0.4) is 0 Å².